The number of halogens is 1. The van der Waals surface area contributed by atoms with Crippen LogP contribution in [0.5, 0.6) is 0 Å². The highest BCUT2D eigenvalue weighted by atomic mass is 35.5. The van der Waals surface area contributed by atoms with Crippen LogP contribution in [-0.2, 0) is 20.0 Å². The number of fused-ring (bicyclic) bond motifs is 1. The summed E-state index contributed by atoms with van der Waals surface area (Å²) >= 11 is 5.86. The van der Waals surface area contributed by atoms with Gasteiger partial charge in [0, 0.05) is 36.6 Å². The van der Waals surface area contributed by atoms with Crippen LogP contribution < -0.4 is 10.7 Å². The molecule has 0 spiro atoms. The molecule has 6 heteroatoms. The van der Waals surface area contributed by atoms with E-state index in [2.05, 4.69) is 17.2 Å². The molecule has 0 aliphatic carbocycles. The summed E-state index contributed by atoms with van der Waals surface area (Å²) in [5.74, 6) is 5.04. The quantitative estimate of drug-likeness (QED) is 0.668. The van der Waals surface area contributed by atoms with Crippen LogP contribution in [0, 0.1) is 11.8 Å². The van der Waals surface area contributed by atoms with Gasteiger partial charge in [0.15, 0.2) is 0 Å². The lowest BCUT2D eigenvalue weighted by Gasteiger charge is -2.12. The average molecular weight is 395 g/mol. The van der Waals surface area contributed by atoms with E-state index in [1.165, 1.54) is 0 Å². The Hall–Kier alpha value is -3.07. The van der Waals surface area contributed by atoms with Crippen molar-refractivity contribution in [1.82, 2.24) is 9.88 Å². The van der Waals surface area contributed by atoms with E-state index in [1.54, 1.807) is 42.1 Å². The highest BCUT2D eigenvalue weighted by Gasteiger charge is 2.16. The molecule has 1 heterocycles. The van der Waals surface area contributed by atoms with Gasteiger partial charge in [-0.05, 0) is 29.3 Å². The summed E-state index contributed by atoms with van der Waals surface area (Å²) in [6.45, 7) is 0.0929. The second-order valence-electron chi connectivity index (χ2n) is 6.29. The Kier molecular flexibility index (Phi) is 6.15. The topological polar surface area (TPSA) is 71.3 Å². The second-order valence-corrected chi connectivity index (χ2v) is 6.73. The Bertz CT molecular complexity index is 1140. The first-order valence-corrected chi connectivity index (χ1v) is 9.09. The minimum Gasteiger partial charge on any atom is -0.384 e. The molecule has 0 aliphatic rings. The number of nitrogens with one attached hydrogen (secondary N) is 1. The molecule has 0 saturated heterocycles. The van der Waals surface area contributed by atoms with Crippen molar-refractivity contribution in [3.8, 4) is 11.8 Å². The molecule has 2 N–H and O–H groups in total. The van der Waals surface area contributed by atoms with Crippen molar-refractivity contribution in [3.05, 3.63) is 80.6 Å². The molecule has 28 heavy (non-hydrogen) atoms. The van der Waals surface area contributed by atoms with E-state index in [-0.39, 0.29) is 17.6 Å². The number of amides is 1. The molecule has 3 rings (SSSR count). The third kappa shape index (κ3) is 4.25. The van der Waals surface area contributed by atoms with Gasteiger partial charge < -0.3 is 15.0 Å². The molecule has 2 aromatic carbocycles. The lowest BCUT2D eigenvalue weighted by Crippen LogP contribution is -2.29. The largest absolute Gasteiger partial charge is 0.384 e. The zero-order valence-electron chi connectivity index (χ0n) is 15.3. The van der Waals surface area contributed by atoms with Gasteiger partial charge in [-0.2, -0.15) is 0 Å². The SMILES string of the molecule is Cn1cc(C(=O)NCc2ccc(Cl)cc2)c(=O)c2cccc(CC#CCO)c21. The number of carbonyl (C=O) groups excluding carboxylic acids is 1. The summed E-state index contributed by atoms with van der Waals surface area (Å²) in [6, 6.07) is 12.5. The lowest BCUT2D eigenvalue weighted by atomic mass is 10.0. The van der Waals surface area contributed by atoms with Crippen molar-refractivity contribution in [2.45, 2.75) is 13.0 Å². The molecular formula is C22H19ClN2O3. The van der Waals surface area contributed by atoms with Crippen molar-refractivity contribution in [2.24, 2.45) is 7.05 Å². The van der Waals surface area contributed by atoms with Crippen molar-refractivity contribution in [1.29, 1.82) is 0 Å². The number of hydrogen-bond donors (Lipinski definition) is 2. The predicted octanol–water partition coefficient (Wildman–Crippen LogP) is 2.66. The van der Waals surface area contributed by atoms with E-state index < -0.39 is 5.91 Å². The first kappa shape index (κ1) is 19.7. The third-order valence-corrected chi connectivity index (χ3v) is 4.63. The fraction of sp³-hybridized carbons (Fsp3) is 0.182. The third-order valence-electron chi connectivity index (χ3n) is 4.38. The fourth-order valence-electron chi connectivity index (χ4n) is 3.05. The van der Waals surface area contributed by atoms with Gasteiger partial charge in [0.25, 0.3) is 5.91 Å². The molecule has 0 fully saturated rings. The van der Waals surface area contributed by atoms with E-state index in [1.807, 2.05) is 18.2 Å². The summed E-state index contributed by atoms with van der Waals surface area (Å²) in [6.07, 6.45) is 1.96. The van der Waals surface area contributed by atoms with Crippen molar-refractivity contribution < 1.29 is 9.90 Å². The number of hydrogen-bond acceptors (Lipinski definition) is 3. The maximum atomic E-state index is 12.9. The van der Waals surface area contributed by atoms with Crippen LogP contribution in [0.25, 0.3) is 10.9 Å². The molecule has 5 nitrogen and oxygen atoms in total. The number of aliphatic hydroxyl groups excluding tert-OH is 1. The summed E-state index contributed by atoms with van der Waals surface area (Å²) in [7, 11) is 1.79. The Morgan fingerprint density at radius 1 is 1.18 bits per heavy atom. The highest BCUT2D eigenvalue weighted by molar-refractivity contribution is 6.30. The summed E-state index contributed by atoms with van der Waals surface area (Å²) < 4.78 is 1.77. The molecule has 0 bridgehead atoms. The number of aromatic nitrogens is 1. The molecule has 0 radical (unpaired) electrons. The van der Waals surface area contributed by atoms with Crippen LogP contribution in [0.3, 0.4) is 0 Å². The molecule has 0 unspecified atom stereocenters. The van der Waals surface area contributed by atoms with Gasteiger partial charge in [0.2, 0.25) is 5.43 Å². The van der Waals surface area contributed by atoms with Crippen molar-refractivity contribution in [2.75, 3.05) is 6.61 Å². The van der Waals surface area contributed by atoms with Crippen LogP contribution in [0.4, 0.5) is 0 Å². The van der Waals surface area contributed by atoms with Crippen LogP contribution in [0.15, 0.2) is 53.5 Å². The van der Waals surface area contributed by atoms with Gasteiger partial charge in [0.1, 0.15) is 12.2 Å². The summed E-state index contributed by atoms with van der Waals surface area (Å²) in [4.78, 5) is 25.5. The molecule has 0 saturated carbocycles. The molecule has 0 atom stereocenters. The summed E-state index contributed by atoms with van der Waals surface area (Å²) in [5, 5.41) is 12.7. The Morgan fingerprint density at radius 3 is 2.64 bits per heavy atom. The Labute approximate surface area is 167 Å². The molecule has 142 valence electrons. The van der Waals surface area contributed by atoms with E-state index in [0.29, 0.717) is 23.4 Å². The van der Waals surface area contributed by atoms with Gasteiger partial charge in [-0.1, -0.05) is 47.7 Å². The second kappa shape index (κ2) is 8.75. The van der Waals surface area contributed by atoms with Crippen molar-refractivity contribution >= 4 is 28.4 Å². The van der Waals surface area contributed by atoms with E-state index in [0.717, 1.165) is 16.6 Å². The number of para-hydroxylation sites is 1. The van der Waals surface area contributed by atoms with Gasteiger partial charge >= 0.3 is 0 Å². The van der Waals surface area contributed by atoms with Gasteiger partial charge in [-0.15, -0.1) is 0 Å². The lowest BCUT2D eigenvalue weighted by molar-refractivity contribution is 0.0949. The Morgan fingerprint density at radius 2 is 1.93 bits per heavy atom. The fourth-order valence-corrected chi connectivity index (χ4v) is 3.18. The van der Waals surface area contributed by atoms with E-state index in [9.17, 15) is 9.59 Å². The van der Waals surface area contributed by atoms with Crippen LogP contribution in [0.1, 0.15) is 21.5 Å². The van der Waals surface area contributed by atoms with Gasteiger partial charge in [0.05, 0.1) is 5.52 Å². The standard InChI is InChI=1S/C22H19ClN2O3/c1-25-14-19(22(28)24-13-15-8-10-17(23)11-9-15)21(27)18-7-4-6-16(20(18)25)5-2-3-12-26/h4,6-11,14,26H,5,12-13H2,1H3,(H,24,28). The molecule has 1 amide bonds. The molecule has 3 aromatic rings. The first-order valence-electron chi connectivity index (χ1n) is 8.71. The number of rotatable bonds is 4. The van der Waals surface area contributed by atoms with Crippen LogP contribution in [-0.4, -0.2) is 22.2 Å². The van der Waals surface area contributed by atoms with E-state index in [4.69, 9.17) is 16.7 Å². The number of pyridine rings is 1. The van der Waals surface area contributed by atoms with Gasteiger partial charge in [-0.3, -0.25) is 9.59 Å². The average Bonchev–Trinajstić information content (AvgIpc) is 2.70. The van der Waals surface area contributed by atoms with Crippen LogP contribution >= 0.6 is 11.6 Å². The number of carbonyl (C=O) groups is 1. The summed E-state index contributed by atoms with van der Waals surface area (Å²) in [5.41, 5.74) is 2.25. The maximum absolute atomic E-state index is 12.9. The monoisotopic (exact) mass is 394 g/mol. The number of aliphatic hydroxyl groups is 1. The van der Waals surface area contributed by atoms with E-state index >= 15 is 0 Å². The zero-order chi connectivity index (χ0) is 20.1. The minimum absolute atomic E-state index is 0.0857. The molecule has 0 aliphatic heterocycles. The van der Waals surface area contributed by atoms with Crippen LogP contribution in [0.2, 0.25) is 5.02 Å². The van der Waals surface area contributed by atoms with Gasteiger partial charge in [-0.25, -0.2) is 0 Å². The number of nitrogens with zero attached hydrogens (tertiary/aromatic N) is 1. The predicted molar refractivity (Wildman–Crippen MR) is 110 cm³/mol. The highest BCUT2D eigenvalue weighted by Crippen LogP contribution is 2.17. The minimum atomic E-state index is -0.428. The smallest absolute Gasteiger partial charge is 0.257 e. The first-order chi connectivity index (χ1) is 13.5. The zero-order valence-corrected chi connectivity index (χ0v) is 16.1. The number of aryl methyl sites for hydroxylation is 1. The Balaban J connectivity index is 1.91. The normalized spacial score (nSPS) is 10.4. The molecule has 1 aromatic heterocycles. The number of benzene rings is 2. The van der Waals surface area contributed by atoms with Crippen molar-refractivity contribution in [3.63, 3.8) is 0 Å². The maximum Gasteiger partial charge on any atom is 0.257 e. The molecular weight excluding hydrogens is 376 g/mol.